The molecule has 0 saturated heterocycles. The number of guanidine groups is 1. The molecule has 0 atom stereocenters. The molecule has 0 aliphatic rings. The fourth-order valence-electron chi connectivity index (χ4n) is 2.95. The number of hydrogen-bond acceptors (Lipinski definition) is 5. The fraction of sp³-hybridized carbons (Fsp3) is 0.632. The number of nitrogens with zero attached hydrogens (tertiary/aromatic N) is 3. The Morgan fingerprint density at radius 1 is 1.00 bits per heavy atom. The first-order chi connectivity index (χ1) is 12.6. The first-order valence-corrected chi connectivity index (χ1v) is 9.50. The highest BCUT2D eigenvalue weighted by Gasteiger charge is 2.13. The summed E-state index contributed by atoms with van der Waals surface area (Å²) in [5, 5.41) is 14.8. The van der Waals surface area contributed by atoms with Crippen molar-refractivity contribution in [2.24, 2.45) is 4.99 Å². The van der Waals surface area contributed by atoms with Crippen molar-refractivity contribution in [2.75, 3.05) is 13.1 Å². The Morgan fingerprint density at radius 2 is 1.78 bits per heavy atom. The van der Waals surface area contributed by atoms with E-state index in [9.17, 15) is 0 Å². The van der Waals surface area contributed by atoms with Crippen molar-refractivity contribution in [3.8, 4) is 0 Å². The van der Waals surface area contributed by atoms with Crippen LogP contribution in [0.15, 0.2) is 14.0 Å². The van der Waals surface area contributed by atoms with E-state index in [4.69, 9.17) is 14.0 Å². The Labute approximate surface area is 178 Å². The van der Waals surface area contributed by atoms with Crippen molar-refractivity contribution in [1.82, 2.24) is 20.9 Å². The summed E-state index contributed by atoms with van der Waals surface area (Å²) >= 11 is 0. The molecular formula is C19H32IN5O2. The van der Waals surface area contributed by atoms with Gasteiger partial charge in [0.05, 0.1) is 17.9 Å². The van der Waals surface area contributed by atoms with E-state index in [1.54, 1.807) is 0 Å². The first-order valence-electron chi connectivity index (χ1n) is 9.50. The molecule has 2 heterocycles. The third kappa shape index (κ3) is 6.51. The van der Waals surface area contributed by atoms with Gasteiger partial charge in [0.25, 0.3) is 0 Å². The van der Waals surface area contributed by atoms with Crippen LogP contribution in [-0.4, -0.2) is 29.4 Å². The molecule has 0 bridgehead atoms. The highest BCUT2D eigenvalue weighted by atomic mass is 127. The van der Waals surface area contributed by atoms with Gasteiger partial charge in [0.15, 0.2) is 5.96 Å². The summed E-state index contributed by atoms with van der Waals surface area (Å²) in [6, 6.07) is 0. The second kappa shape index (κ2) is 12.0. The van der Waals surface area contributed by atoms with Gasteiger partial charge in [0.2, 0.25) is 0 Å². The summed E-state index contributed by atoms with van der Waals surface area (Å²) in [5.41, 5.74) is 4.30. The second-order valence-corrected chi connectivity index (χ2v) is 6.27. The van der Waals surface area contributed by atoms with E-state index in [1.165, 1.54) is 5.56 Å². The van der Waals surface area contributed by atoms with E-state index >= 15 is 0 Å². The maximum Gasteiger partial charge on any atom is 0.191 e. The third-order valence-electron chi connectivity index (χ3n) is 4.42. The van der Waals surface area contributed by atoms with Crippen LogP contribution in [0, 0.1) is 13.8 Å². The molecular weight excluding hydrogens is 457 g/mol. The number of hydrogen-bond donors (Lipinski definition) is 2. The molecule has 2 aromatic heterocycles. The molecule has 0 spiro atoms. The van der Waals surface area contributed by atoms with Crippen molar-refractivity contribution in [3.63, 3.8) is 0 Å². The van der Waals surface area contributed by atoms with Gasteiger partial charge in [-0.05, 0) is 40.0 Å². The first kappa shape index (κ1) is 23.5. The summed E-state index contributed by atoms with van der Waals surface area (Å²) in [5.74, 6) is 2.66. The fourth-order valence-corrected chi connectivity index (χ4v) is 2.95. The quantitative estimate of drug-likeness (QED) is 0.242. The van der Waals surface area contributed by atoms with Gasteiger partial charge in [-0.25, -0.2) is 4.99 Å². The predicted molar refractivity (Wildman–Crippen MR) is 118 cm³/mol. The average molecular weight is 489 g/mol. The largest absolute Gasteiger partial charge is 0.361 e. The summed E-state index contributed by atoms with van der Waals surface area (Å²) in [4.78, 5) is 4.71. The van der Waals surface area contributed by atoms with Gasteiger partial charge < -0.3 is 19.7 Å². The number of halogens is 1. The van der Waals surface area contributed by atoms with E-state index in [1.807, 2.05) is 13.8 Å². The molecule has 8 heteroatoms. The maximum absolute atomic E-state index is 5.42. The summed E-state index contributed by atoms with van der Waals surface area (Å²) in [6.07, 6.45) is 3.62. The molecule has 0 fully saturated rings. The monoisotopic (exact) mass is 489 g/mol. The standard InChI is InChI=1S/C19H31N5O2.HI/c1-6-17-16(18(7-2)26-24-17)12-22-19(20-8-3)21-11-9-10-15-13(4)23-25-14(15)5;/h6-12H2,1-5H3,(H2,20,21,22);1H. The van der Waals surface area contributed by atoms with Gasteiger partial charge in [-0.2, -0.15) is 0 Å². The summed E-state index contributed by atoms with van der Waals surface area (Å²) < 4.78 is 10.6. The van der Waals surface area contributed by atoms with E-state index in [-0.39, 0.29) is 24.0 Å². The minimum atomic E-state index is 0. The Balaban J connectivity index is 0.00000364. The Morgan fingerprint density at radius 3 is 2.37 bits per heavy atom. The summed E-state index contributed by atoms with van der Waals surface area (Å²) in [7, 11) is 0. The molecule has 2 aromatic rings. The van der Waals surface area contributed by atoms with Crippen molar-refractivity contribution in [2.45, 2.75) is 66.8 Å². The van der Waals surface area contributed by atoms with Crippen LogP contribution < -0.4 is 10.6 Å². The smallest absolute Gasteiger partial charge is 0.191 e. The van der Waals surface area contributed by atoms with Crippen LogP contribution in [0.3, 0.4) is 0 Å². The van der Waals surface area contributed by atoms with Crippen LogP contribution in [0.4, 0.5) is 0 Å². The molecule has 27 heavy (non-hydrogen) atoms. The lowest BCUT2D eigenvalue weighted by molar-refractivity contribution is 0.380. The van der Waals surface area contributed by atoms with Gasteiger partial charge in [-0.3, -0.25) is 0 Å². The molecule has 0 unspecified atom stereocenters. The molecule has 0 aliphatic heterocycles. The highest BCUT2D eigenvalue weighted by molar-refractivity contribution is 14.0. The Kier molecular flexibility index (Phi) is 10.4. The van der Waals surface area contributed by atoms with Crippen molar-refractivity contribution < 1.29 is 9.05 Å². The molecule has 0 amide bonds. The van der Waals surface area contributed by atoms with Gasteiger partial charge in [-0.15, -0.1) is 24.0 Å². The van der Waals surface area contributed by atoms with Crippen LogP contribution >= 0.6 is 24.0 Å². The van der Waals surface area contributed by atoms with Gasteiger partial charge in [-0.1, -0.05) is 24.2 Å². The number of rotatable bonds is 9. The van der Waals surface area contributed by atoms with E-state index in [0.29, 0.717) is 6.54 Å². The SMILES string of the molecule is CCNC(=NCc1c(CC)noc1CC)NCCCc1c(C)noc1C.I. The Hall–Kier alpha value is -1.58. The lowest BCUT2D eigenvalue weighted by Gasteiger charge is -2.11. The van der Waals surface area contributed by atoms with Crippen LogP contribution in [0.2, 0.25) is 0 Å². The minimum Gasteiger partial charge on any atom is -0.361 e. The van der Waals surface area contributed by atoms with Crippen LogP contribution in [0.5, 0.6) is 0 Å². The van der Waals surface area contributed by atoms with E-state index < -0.39 is 0 Å². The van der Waals surface area contributed by atoms with Crippen molar-refractivity contribution >= 4 is 29.9 Å². The number of aryl methyl sites for hydroxylation is 4. The highest BCUT2D eigenvalue weighted by Crippen LogP contribution is 2.17. The molecule has 0 aromatic carbocycles. The molecule has 2 N–H and O–H groups in total. The lowest BCUT2D eigenvalue weighted by Crippen LogP contribution is -2.37. The topological polar surface area (TPSA) is 88.5 Å². The lowest BCUT2D eigenvalue weighted by atomic mass is 10.1. The van der Waals surface area contributed by atoms with E-state index in [2.05, 4.69) is 41.7 Å². The van der Waals surface area contributed by atoms with Crippen LogP contribution in [-0.2, 0) is 25.8 Å². The number of aliphatic imine (C=N–C) groups is 1. The Bertz CT molecular complexity index is 683. The van der Waals surface area contributed by atoms with Crippen molar-refractivity contribution in [3.05, 3.63) is 34.0 Å². The normalized spacial score (nSPS) is 11.4. The van der Waals surface area contributed by atoms with Crippen LogP contribution in [0.1, 0.15) is 61.2 Å². The number of nitrogens with one attached hydrogen (secondary N) is 2. The third-order valence-corrected chi connectivity index (χ3v) is 4.42. The van der Waals surface area contributed by atoms with Gasteiger partial charge in [0, 0.05) is 30.6 Å². The zero-order chi connectivity index (χ0) is 18.9. The zero-order valence-corrected chi connectivity index (χ0v) is 19.3. The van der Waals surface area contributed by atoms with Gasteiger partial charge in [0.1, 0.15) is 11.5 Å². The molecule has 0 saturated carbocycles. The van der Waals surface area contributed by atoms with E-state index in [0.717, 1.165) is 73.2 Å². The minimum absolute atomic E-state index is 0. The number of aromatic nitrogens is 2. The molecule has 0 radical (unpaired) electrons. The molecule has 0 aliphatic carbocycles. The second-order valence-electron chi connectivity index (χ2n) is 6.27. The molecule has 7 nitrogen and oxygen atoms in total. The maximum atomic E-state index is 5.42. The predicted octanol–water partition coefficient (Wildman–Crippen LogP) is 3.71. The average Bonchev–Trinajstić information content (AvgIpc) is 3.19. The van der Waals surface area contributed by atoms with Crippen LogP contribution in [0.25, 0.3) is 0 Å². The summed E-state index contributed by atoms with van der Waals surface area (Å²) in [6.45, 7) is 12.4. The molecule has 2 rings (SSSR count). The van der Waals surface area contributed by atoms with Crippen molar-refractivity contribution in [1.29, 1.82) is 0 Å². The molecule has 152 valence electrons. The van der Waals surface area contributed by atoms with Gasteiger partial charge >= 0.3 is 0 Å². The zero-order valence-electron chi connectivity index (χ0n) is 17.0.